The van der Waals surface area contributed by atoms with Gasteiger partial charge in [0.15, 0.2) is 5.78 Å². The molecule has 2 aromatic carbocycles. The molecule has 4 rings (SSSR count). The molecule has 35 heavy (non-hydrogen) atoms. The zero-order chi connectivity index (χ0) is 25.5. The lowest BCUT2D eigenvalue weighted by atomic mass is 9.68. The lowest BCUT2D eigenvalue weighted by Crippen LogP contribution is -2.38. The zero-order valence-corrected chi connectivity index (χ0v) is 22.8. The number of hydrogen-bond acceptors (Lipinski definition) is 5. The molecule has 1 atom stereocenters. The van der Waals surface area contributed by atoms with E-state index in [0.717, 1.165) is 50.3 Å². The standard InChI is InChI=1S/C29H32BrNO4/c1-16-11-17(2)20(12-19(16)15-35-24-10-8-7-9-21(24)30)26-25(28(33)34-6)18(3)31-22-13-29(4,5)14-23(32)27(22)26/h7-12,26,31H,13-15H2,1-6H3/t26-/m1/s1. The van der Waals surface area contributed by atoms with Crippen molar-refractivity contribution in [1.82, 2.24) is 5.32 Å². The first kappa shape index (κ1) is 25.2. The highest BCUT2D eigenvalue weighted by Gasteiger charge is 2.43. The molecule has 0 amide bonds. The molecule has 184 valence electrons. The monoisotopic (exact) mass is 537 g/mol. The molecule has 2 aromatic rings. The molecule has 5 nitrogen and oxygen atoms in total. The van der Waals surface area contributed by atoms with Gasteiger partial charge in [0.2, 0.25) is 0 Å². The molecule has 2 aliphatic rings. The molecule has 1 heterocycles. The number of allylic oxidation sites excluding steroid dienone is 3. The summed E-state index contributed by atoms with van der Waals surface area (Å²) in [6.45, 7) is 10.6. The SMILES string of the molecule is COC(=O)C1=C(C)NC2=C(C(=O)CC(C)(C)C2)[C@@H]1c1cc(COc2ccccc2Br)c(C)cc1C. The van der Waals surface area contributed by atoms with Gasteiger partial charge < -0.3 is 14.8 Å². The molecule has 0 bridgehead atoms. The number of esters is 1. The van der Waals surface area contributed by atoms with Crippen molar-refractivity contribution in [2.45, 2.75) is 60.0 Å². The Morgan fingerprint density at radius 3 is 2.51 bits per heavy atom. The van der Waals surface area contributed by atoms with Crippen molar-refractivity contribution in [3.8, 4) is 5.75 Å². The molecule has 1 aliphatic heterocycles. The molecule has 6 heteroatoms. The number of nitrogens with one attached hydrogen (secondary N) is 1. The van der Waals surface area contributed by atoms with Crippen LogP contribution >= 0.6 is 15.9 Å². The Morgan fingerprint density at radius 2 is 1.83 bits per heavy atom. The summed E-state index contributed by atoms with van der Waals surface area (Å²) in [6, 6.07) is 11.9. The van der Waals surface area contributed by atoms with E-state index in [1.54, 1.807) is 0 Å². The lowest BCUT2D eigenvalue weighted by molar-refractivity contribution is -0.136. The predicted octanol–water partition coefficient (Wildman–Crippen LogP) is 6.42. The average Bonchev–Trinajstić information content (AvgIpc) is 2.77. The normalized spacial score (nSPS) is 19.3. The number of methoxy groups -OCH3 is 1. The first-order chi connectivity index (χ1) is 16.5. The van der Waals surface area contributed by atoms with Crippen LogP contribution in [0.1, 0.15) is 61.8 Å². The van der Waals surface area contributed by atoms with E-state index >= 15 is 0 Å². The third-order valence-electron chi connectivity index (χ3n) is 6.90. The zero-order valence-electron chi connectivity index (χ0n) is 21.2. The molecule has 0 spiro atoms. The number of benzene rings is 2. The van der Waals surface area contributed by atoms with Gasteiger partial charge in [0.1, 0.15) is 12.4 Å². The number of rotatable bonds is 5. The second kappa shape index (κ2) is 9.65. The van der Waals surface area contributed by atoms with Crippen LogP contribution in [0.3, 0.4) is 0 Å². The highest BCUT2D eigenvalue weighted by atomic mass is 79.9. The van der Waals surface area contributed by atoms with Crippen molar-refractivity contribution < 1.29 is 19.1 Å². The van der Waals surface area contributed by atoms with Gasteiger partial charge >= 0.3 is 5.97 Å². The summed E-state index contributed by atoms with van der Waals surface area (Å²) in [7, 11) is 1.38. The largest absolute Gasteiger partial charge is 0.488 e. The van der Waals surface area contributed by atoms with Crippen LogP contribution in [-0.4, -0.2) is 18.9 Å². The number of carbonyl (C=O) groups excluding carboxylic acids is 2. The van der Waals surface area contributed by atoms with Crippen molar-refractivity contribution in [1.29, 1.82) is 0 Å². The molecule has 0 fully saturated rings. The van der Waals surface area contributed by atoms with Crippen LogP contribution in [0.15, 0.2) is 63.4 Å². The number of halogens is 1. The van der Waals surface area contributed by atoms with E-state index in [1.165, 1.54) is 7.11 Å². The maximum Gasteiger partial charge on any atom is 0.336 e. The highest BCUT2D eigenvalue weighted by molar-refractivity contribution is 9.10. The van der Waals surface area contributed by atoms with Crippen molar-refractivity contribution in [2.24, 2.45) is 5.41 Å². The number of para-hydroxylation sites is 1. The maximum absolute atomic E-state index is 13.5. The van der Waals surface area contributed by atoms with Gasteiger partial charge in [0.05, 0.1) is 17.2 Å². The number of Topliss-reactive ketones (excluding diaryl/α,β-unsaturated/α-hetero) is 1. The van der Waals surface area contributed by atoms with Gasteiger partial charge in [-0.05, 0) is 82.9 Å². The number of hydrogen-bond donors (Lipinski definition) is 1. The minimum absolute atomic E-state index is 0.0774. The molecule has 0 radical (unpaired) electrons. The first-order valence-electron chi connectivity index (χ1n) is 11.8. The van der Waals surface area contributed by atoms with Crippen LogP contribution in [0.25, 0.3) is 0 Å². The molecule has 1 aliphatic carbocycles. The van der Waals surface area contributed by atoms with E-state index in [0.29, 0.717) is 24.2 Å². The van der Waals surface area contributed by atoms with Crippen LogP contribution in [0.2, 0.25) is 0 Å². The lowest BCUT2D eigenvalue weighted by Gasteiger charge is -2.39. The fourth-order valence-electron chi connectivity index (χ4n) is 5.23. The molecule has 1 N–H and O–H groups in total. The van der Waals surface area contributed by atoms with Crippen LogP contribution in [0.5, 0.6) is 5.75 Å². The maximum atomic E-state index is 13.5. The molecule has 0 aromatic heterocycles. The summed E-state index contributed by atoms with van der Waals surface area (Å²) < 4.78 is 12.2. The van der Waals surface area contributed by atoms with Crippen molar-refractivity contribution in [2.75, 3.05) is 7.11 Å². The molecule has 0 unspecified atom stereocenters. The minimum Gasteiger partial charge on any atom is -0.488 e. The summed E-state index contributed by atoms with van der Waals surface area (Å²) in [5.41, 5.74) is 6.74. The van der Waals surface area contributed by atoms with Crippen LogP contribution < -0.4 is 10.1 Å². The van der Waals surface area contributed by atoms with Crippen LogP contribution in [0.4, 0.5) is 0 Å². The molecular weight excluding hydrogens is 506 g/mol. The number of ketones is 1. The fraction of sp³-hybridized carbons (Fsp3) is 0.379. The number of carbonyl (C=O) groups is 2. The van der Waals surface area contributed by atoms with E-state index in [1.807, 2.05) is 38.1 Å². The second-order valence-electron chi connectivity index (χ2n) is 10.3. The summed E-state index contributed by atoms with van der Waals surface area (Å²) in [5.74, 6) is -0.0644. The Morgan fingerprint density at radius 1 is 1.11 bits per heavy atom. The van der Waals surface area contributed by atoms with Gasteiger partial charge in [-0.15, -0.1) is 0 Å². The third kappa shape index (κ3) is 4.94. The van der Waals surface area contributed by atoms with Crippen molar-refractivity contribution >= 4 is 27.7 Å². The van der Waals surface area contributed by atoms with Gasteiger partial charge in [-0.25, -0.2) is 4.79 Å². The molecular formula is C29H32BrNO4. The Hall–Kier alpha value is -2.86. The van der Waals surface area contributed by atoms with E-state index in [9.17, 15) is 9.59 Å². The minimum atomic E-state index is -0.481. The number of ether oxygens (including phenoxy) is 2. The van der Waals surface area contributed by atoms with Gasteiger partial charge in [0, 0.05) is 29.3 Å². The molecule has 0 saturated heterocycles. The second-order valence-corrected chi connectivity index (χ2v) is 11.1. The Kier molecular flexibility index (Phi) is 6.96. The predicted molar refractivity (Wildman–Crippen MR) is 140 cm³/mol. The Balaban J connectivity index is 1.83. The van der Waals surface area contributed by atoms with Crippen LogP contribution in [0, 0.1) is 19.3 Å². The Labute approximate surface area is 215 Å². The van der Waals surface area contributed by atoms with E-state index < -0.39 is 11.9 Å². The van der Waals surface area contributed by atoms with Gasteiger partial charge in [-0.1, -0.05) is 38.1 Å². The average molecular weight is 538 g/mol. The molecule has 0 saturated carbocycles. The van der Waals surface area contributed by atoms with Crippen molar-refractivity contribution in [3.05, 3.63) is 85.7 Å². The first-order valence-corrected chi connectivity index (χ1v) is 12.6. The number of aryl methyl sites for hydroxylation is 2. The highest BCUT2D eigenvalue weighted by Crippen LogP contribution is 2.47. The quantitative estimate of drug-likeness (QED) is 0.445. The van der Waals surface area contributed by atoms with E-state index in [-0.39, 0.29) is 11.2 Å². The summed E-state index contributed by atoms with van der Waals surface area (Å²) >= 11 is 3.54. The van der Waals surface area contributed by atoms with Crippen LogP contribution in [-0.2, 0) is 20.9 Å². The van der Waals surface area contributed by atoms with Gasteiger partial charge in [-0.2, -0.15) is 0 Å². The summed E-state index contributed by atoms with van der Waals surface area (Å²) in [5, 5.41) is 3.38. The number of dihydropyridines is 1. The van der Waals surface area contributed by atoms with E-state index in [2.05, 4.69) is 54.2 Å². The smallest absolute Gasteiger partial charge is 0.336 e. The van der Waals surface area contributed by atoms with E-state index in [4.69, 9.17) is 9.47 Å². The topological polar surface area (TPSA) is 64.6 Å². The van der Waals surface area contributed by atoms with Gasteiger partial charge in [0.25, 0.3) is 0 Å². The summed E-state index contributed by atoms with van der Waals surface area (Å²) in [4.78, 5) is 26.5. The van der Waals surface area contributed by atoms with Crippen molar-refractivity contribution in [3.63, 3.8) is 0 Å². The fourth-order valence-corrected chi connectivity index (χ4v) is 5.63. The summed E-state index contributed by atoms with van der Waals surface area (Å²) in [6.07, 6.45) is 1.19. The van der Waals surface area contributed by atoms with Gasteiger partial charge in [-0.3, -0.25) is 4.79 Å². The Bertz CT molecular complexity index is 1270. The third-order valence-corrected chi connectivity index (χ3v) is 7.56.